The molecular weight excluding hydrogens is 444 g/mol. The lowest BCUT2D eigenvalue weighted by atomic mass is 9.75. The average Bonchev–Trinajstić information content (AvgIpc) is 2.84. The van der Waals surface area contributed by atoms with Gasteiger partial charge < -0.3 is 9.84 Å². The maximum atomic E-state index is 15.1. The fraction of sp³-hybridized carbons (Fsp3) is 0.357. The number of aliphatic hydroxyl groups excluding tert-OH is 1. The van der Waals surface area contributed by atoms with Crippen molar-refractivity contribution in [3.63, 3.8) is 0 Å². The first kappa shape index (κ1) is 24.3. The highest BCUT2D eigenvalue weighted by molar-refractivity contribution is 5.65. The van der Waals surface area contributed by atoms with Crippen LogP contribution in [0.4, 0.5) is 17.6 Å². The molecule has 1 unspecified atom stereocenters. The normalized spacial score (nSPS) is 19.1. The van der Waals surface area contributed by atoms with Crippen LogP contribution in [0.2, 0.25) is 0 Å². The highest BCUT2D eigenvalue weighted by atomic mass is 19.2. The van der Waals surface area contributed by atoms with Gasteiger partial charge in [-0.3, -0.25) is 0 Å². The number of rotatable bonds is 6. The van der Waals surface area contributed by atoms with Crippen LogP contribution in [0.3, 0.4) is 0 Å². The highest BCUT2D eigenvalue weighted by Gasteiger charge is 2.29. The number of aliphatic hydroxyl groups is 1. The molecule has 0 amide bonds. The molecule has 0 radical (unpaired) electrons. The summed E-state index contributed by atoms with van der Waals surface area (Å²) in [5, 5.41) is 9.64. The van der Waals surface area contributed by atoms with Crippen LogP contribution in [0.5, 0.6) is 5.75 Å². The highest BCUT2D eigenvalue weighted by Crippen LogP contribution is 2.43. The molecule has 6 heteroatoms. The quantitative estimate of drug-likeness (QED) is 0.371. The van der Waals surface area contributed by atoms with Crippen molar-refractivity contribution in [1.29, 1.82) is 0 Å². The third-order valence-corrected chi connectivity index (χ3v) is 6.80. The Morgan fingerprint density at radius 1 is 0.765 bits per heavy atom. The SMILES string of the molecule is CCOc1ccc(C2CCC(c3ccc(-c4ccc(C(C)O)cc4)c(F)c3F)CC2)c(F)c1F. The summed E-state index contributed by atoms with van der Waals surface area (Å²) in [7, 11) is 0. The molecule has 1 atom stereocenters. The van der Waals surface area contributed by atoms with E-state index in [1.54, 1.807) is 56.3 Å². The summed E-state index contributed by atoms with van der Waals surface area (Å²) in [5.41, 5.74) is 2.02. The van der Waals surface area contributed by atoms with Gasteiger partial charge in [-0.15, -0.1) is 0 Å². The molecule has 0 spiro atoms. The van der Waals surface area contributed by atoms with Crippen LogP contribution in [0, 0.1) is 23.3 Å². The van der Waals surface area contributed by atoms with Crippen molar-refractivity contribution >= 4 is 0 Å². The van der Waals surface area contributed by atoms with Gasteiger partial charge in [-0.2, -0.15) is 4.39 Å². The Bertz CT molecular complexity index is 1150. The minimum atomic E-state index is -0.980. The summed E-state index contributed by atoms with van der Waals surface area (Å²) in [6.45, 7) is 3.59. The summed E-state index contributed by atoms with van der Waals surface area (Å²) in [6, 6.07) is 12.9. The smallest absolute Gasteiger partial charge is 0.200 e. The second-order valence-electron chi connectivity index (χ2n) is 8.89. The molecule has 1 fully saturated rings. The van der Waals surface area contributed by atoms with Gasteiger partial charge in [0.1, 0.15) is 0 Å². The van der Waals surface area contributed by atoms with Crippen LogP contribution in [0.15, 0.2) is 48.5 Å². The minimum Gasteiger partial charge on any atom is -0.491 e. The lowest BCUT2D eigenvalue weighted by molar-refractivity contribution is 0.199. The molecule has 1 aliphatic carbocycles. The maximum absolute atomic E-state index is 15.1. The third-order valence-electron chi connectivity index (χ3n) is 6.80. The average molecular weight is 473 g/mol. The molecule has 0 heterocycles. The number of hydrogen-bond donors (Lipinski definition) is 1. The van der Waals surface area contributed by atoms with E-state index in [4.69, 9.17) is 4.74 Å². The predicted octanol–water partition coefficient (Wildman–Crippen LogP) is 7.80. The molecule has 2 nitrogen and oxygen atoms in total. The summed E-state index contributed by atoms with van der Waals surface area (Å²) >= 11 is 0. The van der Waals surface area contributed by atoms with Crippen molar-refractivity contribution in [1.82, 2.24) is 0 Å². The molecular formula is C28H28F4O2. The largest absolute Gasteiger partial charge is 0.491 e. The van der Waals surface area contributed by atoms with Gasteiger partial charge in [0, 0.05) is 5.56 Å². The van der Waals surface area contributed by atoms with Crippen LogP contribution < -0.4 is 4.74 Å². The van der Waals surface area contributed by atoms with E-state index < -0.39 is 29.4 Å². The van der Waals surface area contributed by atoms with Gasteiger partial charge in [0.25, 0.3) is 0 Å². The molecule has 0 saturated heterocycles. The maximum Gasteiger partial charge on any atom is 0.200 e. The van der Waals surface area contributed by atoms with Crippen LogP contribution in [0.25, 0.3) is 11.1 Å². The fourth-order valence-electron chi connectivity index (χ4n) is 4.89. The van der Waals surface area contributed by atoms with Crippen molar-refractivity contribution in [2.75, 3.05) is 6.61 Å². The molecule has 180 valence electrons. The molecule has 3 aromatic rings. The number of benzene rings is 3. The second kappa shape index (κ2) is 10.2. The minimum absolute atomic E-state index is 0.101. The first-order valence-corrected chi connectivity index (χ1v) is 11.7. The Balaban J connectivity index is 1.50. The van der Waals surface area contributed by atoms with E-state index in [2.05, 4.69) is 0 Å². The first-order chi connectivity index (χ1) is 16.3. The van der Waals surface area contributed by atoms with Gasteiger partial charge in [0.05, 0.1) is 12.7 Å². The van der Waals surface area contributed by atoms with Gasteiger partial charge in [-0.05, 0) is 79.7 Å². The van der Waals surface area contributed by atoms with Crippen LogP contribution in [-0.4, -0.2) is 11.7 Å². The van der Waals surface area contributed by atoms with Crippen LogP contribution in [-0.2, 0) is 0 Å². The van der Waals surface area contributed by atoms with Gasteiger partial charge in [-0.25, -0.2) is 13.2 Å². The molecule has 1 aliphatic rings. The zero-order valence-corrected chi connectivity index (χ0v) is 19.3. The topological polar surface area (TPSA) is 29.5 Å². The summed E-state index contributed by atoms with van der Waals surface area (Å²) in [6.07, 6.45) is 1.58. The molecule has 3 aromatic carbocycles. The van der Waals surface area contributed by atoms with Crippen molar-refractivity contribution < 1.29 is 27.4 Å². The first-order valence-electron chi connectivity index (χ1n) is 11.7. The number of halogens is 4. The van der Waals surface area contributed by atoms with E-state index in [0.717, 1.165) is 0 Å². The van der Waals surface area contributed by atoms with E-state index in [1.807, 2.05) is 0 Å². The van der Waals surface area contributed by atoms with E-state index in [-0.39, 0.29) is 29.8 Å². The zero-order chi connectivity index (χ0) is 24.4. The van der Waals surface area contributed by atoms with E-state index in [9.17, 15) is 18.3 Å². The summed E-state index contributed by atoms with van der Waals surface area (Å²) < 4.78 is 64.0. The second-order valence-corrected chi connectivity index (χ2v) is 8.89. The number of hydrogen-bond acceptors (Lipinski definition) is 2. The molecule has 4 rings (SSSR count). The monoisotopic (exact) mass is 472 g/mol. The third kappa shape index (κ3) is 4.69. The van der Waals surface area contributed by atoms with E-state index in [0.29, 0.717) is 47.9 Å². The van der Waals surface area contributed by atoms with Gasteiger partial charge in [-0.1, -0.05) is 42.5 Å². The van der Waals surface area contributed by atoms with Crippen molar-refractivity contribution in [2.24, 2.45) is 0 Å². The molecule has 1 saturated carbocycles. The predicted molar refractivity (Wildman–Crippen MR) is 124 cm³/mol. The Kier molecular flexibility index (Phi) is 7.27. The van der Waals surface area contributed by atoms with Crippen molar-refractivity contribution in [3.8, 4) is 16.9 Å². The lowest BCUT2D eigenvalue weighted by Crippen LogP contribution is -2.15. The summed E-state index contributed by atoms with van der Waals surface area (Å²) in [5.74, 6) is -4.10. The molecule has 34 heavy (non-hydrogen) atoms. The zero-order valence-electron chi connectivity index (χ0n) is 19.3. The van der Waals surface area contributed by atoms with Crippen molar-refractivity contribution in [2.45, 2.75) is 57.5 Å². The van der Waals surface area contributed by atoms with E-state index >= 15 is 4.39 Å². The van der Waals surface area contributed by atoms with Gasteiger partial charge in [0.2, 0.25) is 5.82 Å². The Labute approximate surface area is 197 Å². The molecule has 0 bridgehead atoms. The van der Waals surface area contributed by atoms with Crippen LogP contribution >= 0.6 is 0 Å². The number of ether oxygens (including phenoxy) is 1. The fourth-order valence-corrected chi connectivity index (χ4v) is 4.89. The van der Waals surface area contributed by atoms with Crippen molar-refractivity contribution in [3.05, 3.63) is 88.5 Å². The molecule has 0 aromatic heterocycles. The Morgan fingerprint density at radius 3 is 1.82 bits per heavy atom. The van der Waals surface area contributed by atoms with Gasteiger partial charge >= 0.3 is 0 Å². The van der Waals surface area contributed by atoms with Gasteiger partial charge in [0.15, 0.2) is 23.2 Å². The van der Waals surface area contributed by atoms with Crippen LogP contribution in [0.1, 0.15) is 74.2 Å². The standard InChI is InChI=1S/C28H28F4O2/c1-3-34-24-15-14-23(27(31)28(24)32)20-10-8-19(9-11-20)22-13-12-21(25(29)26(22)30)18-6-4-17(5-7-18)16(2)33/h4-7,12-16,19-20,33H,3,8-11H2,1-2H3. The lowest BCUT2D eigenvalue weighted by Gasteiger charge is -2.30. The van der Waals surface area contributed by atoms with E-state index in [1.165, 1.54) is 6.07 Å². The molecule has 0 aliphatic heterocycles. The Morgan fingerprint density at radius 2 is 1.29 bits per heavy atom. The molecule has 1 N–H and O–H groups in total. The Hall–Kier alpha value is -2.86. The summed E-state index contributed by atoms with van der Waals surface area (Å²) in [4.78, 5) is 0.